The Bertz CT molecular complexity index is 1380. The Balaban J connectivity index is 0.000000355. The molecule has 3 heterocycles. The molecule has 3 amide bonds. The van der Waals surface area contributed by atoms with Crippen molar-refractivity contribution in [3.8, 4) is 0 Å². The first-order valence-corrected chi connectivity index (χ1v) is 18.7. The third-order valence-corrected chi connectivity index (χ3v) is 8.78. The van der Waals surface area contributed by atoms with Crippen molar-refractivity contribution in [2.45, 2.75) is 105 Å². The summed E-state index contributed by atoms with van der Waals surface area (Å²) in [5, 5.41) is 8.74. The average molecular weight is 676 g/mol. The van der Waals surface area contributed by atoms with Gasteiger partial charge in [0.1, 0.15) is 11.8 Å². The first kappa shape index (κ1) is 41.4. The molecule has 0 saturated carbocycles. The molecule has 2 aromatic rings. The summed E-state index contributed by atoms with van der Waals surface area (Å²) in [6.07, 6.45) is 13.2. The summed E-state index contributed by atoms with van der Waals surface area (Å²) in [6.45, 7) is 15.1. The fourth-order valence-electron chi connectivity index (χ4n) is 4.81. The van der Waals surface area contributed by atoms with Gasteiger partial charge < -0.3 is 20.9 Å². The lowest BCUT2D eigenvalue weighted by atomic mass is 10.0. The molecule has 0 radical (unpaired) electrons. The monoisotopic (exact) mass is 675 g/mol. The number of aryl methyl sites for hydroxylation is 1. The van der Waals surface area contributed by atoms with Crippen molar-refractivity contribution >= 4 is 44.4 Å². The highest BCUT2D eigenvalue weighted by molar-refractivity contribution is 7.89. The molecular weight excluding hydrogens is 618 g/mol. The maximum Gasteiger partial charge on any atom is 0.243 e. The minimum atomic E-state index is -3.19. The van der Waals surface area contributed by atoms with Gasteiger partial charge in [-0.15, -0.1) is 0 Å². The van der Waals surface area contributed by atoms with Gasteiger partial charge in [-0.3, -0.25) is 19.2 Å². The van der Waals surface area contributed by atoms with Gasteiger partial charge in [-0.25, -0.2) is 12.4 Å². The van der Waals surface area contributed by atoms with Crippen molar-refractivity contribution in [1.82, 2.24) is 24.8 Å². The molecule has 1 aromatic carbocycles. The second-order valence-electron chi connectivity index (χ2n) is 11.8. The van der Waals surface area contributed by atoms with E-state index in [2.05, 4.69) is 43.3 Å². The molecule has 0 aliphatic carbocycles. The number of nitrogens with zero attached hydrogens (tertiary/aromatic N) is 2. The smallest absolute Gasteiger partial charge is 0.243 e. The summed E-state index contributed by atoms with van der Waals surface area (Å²) >= 11 is 0. The SMILES string of the molecule is C=C1CNC(=O)CNC(=O)CNC(=O)C2CCCCN12.CCCC.CCCCCC(=O)CC.Cc1cn(S(C)(=O)=O)c2ccccc12. The number of rotatable bonds is 7. The van der Waals surface area contributed by atoms with E-state index in [1.54, 1.807) is 6.20 Å². The van der Waals surface area contributed by atoms with Crippen LogP contribution in [0.5, 0.6) is 0 Å². The van der Waals surface area contributed by atoms with E-state index in [1.807, 2.05) is 43.0 Å². The summed E-state index contributed by atoms with van der Waals surface area (Å²) in [7, 11) is -3.19. The number of hydrogen-bond donors (Lipinski definition) is 3. The molecular formula is C35H57N5O6S. The Morgan fingerprint density at radius 2 is 1.51 bits per heavy atom. The van der Waals surface area contributed by atoms with Crippen molar-refractivity contribution in [2.24, 2.45) is 0 Å². The van der Waals surface area contributed by atoms with E-state index in [0.29, 0.717) is 18.7 Å². The van der Waals surface area contributed by atoms with E-state index < -0.39 is 10.0 Å². The van der Waals surface area contributed by atoms with Gasteiger partial charge in [-0.1, -0.05) is 78.2 Å². The fourth-order valence-corrected chi connectivity index (χ4v) is 5.68. The number of carbonyl (C=O) groups is 4. The molecule has 264 valence electrons. The lowest BCUT2D eigenvalue weighted by Crippen LogP contribution is -2.53. The Morgan fingerprint density at radius 3 is 2.11 bits per heavy atom. The maximum absolute atomic E-state index is 12.2. The molecule has 2 aliphatic heterocycles. The highest BCUT2D eigenvalue weighted by atomic mass is 32.2. The molecule has 12 heteroatoms. The number of para-hydroxylation sites is 1. The predicted molar refractivity (Wildman–Crippen MR) is 189 cm³/mol. The summed E-state index contributed by atoms with van der Waals surface area (Å²) in [5.74, 6) is -0.383. The van der Waals surface area contributed by atoms with Crippen LogP contribution in [0.4, 0.5) is 0 Å². The van der Waals surface area contributed by atoms with Crippen molar-refractivity contribution in [3.63, 3.8) is 0 Å². The highest BCUT2D eigenvalue weighted by Crippen LogP contribution is 2.22. The number of fused-ring (bicyclic) bond motifs is 2. The number of carbonyl (C=O) groups excluding carboxylic acids is 4. The Labute approximate surface area is 282 Å². The van der Waals surface area contributed by atoms with Crippen LogP contribution in [0.1, 0.15) is 97.5 Å². The molecule has 1 aromatic heterocycles. The number of benzene rings is 1. The zero-order chi connectivity index (χ0) is 35.4. The van der Waals surface area contributed by atoms with E-state index >= 15 is 0 Å². The number of aromatic nitrogens is 1. The molecule has 2 saturated heterocycles. The van der Waals surface area contributed by atoms with Gasteiger partial charge in [0.2, 0.25) is 27.7 Å². The van der Waals surface area contributed by atoms with Gasteiger partial charge in [0, 0.05) is 36.7 Å². The van der Waals surface area contributed by atoms with Crippen LogP contribution < -0.4 is 16.0 Å². The highest BCUT2D eigenvalue weighted by Gasteiger charge is 2.30. The zero-order valence-corrected chi connectivity index (χ0v) is 30.1. The zero-order valence-electron chi connectivity index (χ0n) is 29.3. The van der Waals surface area contributed by atoms with Crippen LogP contribution in [-0.4, -0.2) is 79.3 Å². The van der Waals surface area contributed by atoms with Crippen LogP contribution in [0.2, 0.25) is 0 Å². The second-order valence-corrected chi connectivity index (χ2v) is 13.6. The van der Waals surface area contributed by atoms with Gasteiger partial charge in [0.25, 0.3) is 0 Å². The average Bonchev–Trinajstić information content (AvgIpc) is 3.42. The number of ketones is 1. The minimum Gasteiger partial charge on any atom is -0.362 e. The number of amides is 3. The number of unbranched alkanes of at least 4 members (excludes halogenated alkanes) is 3. The molecule has 3 N–H and O–H groups in total. The van der Waals surface area contributed by atoms with Crippen LogP contribution in [-0.2, 0) is 29.2 Å². The van der Waals surface area contributed by atoms with Gasteiger partial charge in [0.05, 0.1) is 31.4 Å². The minimum absolute atomic E-state index is 0.0919. The molecule has 0 spiro atoms. The Hall–Kier alpha value is -3.67. The number of piperidine rings is 1. The Kier molecular flexibility index (Phi) is 19.4. The molecule has 2 fully saturated rings. The van der Waals surface area contributed by atoms with E-state index in [1.165, 1.54) is 35.9 Å². The van der Waals surface area contributed by atoms with Crippen LogP contribution in [0.3, 0.4) is 0 Å². The number of Topliss-reactive ketones (excluding diaryl/α,β-unsaturated/α-hetero) is 1. The van der Waals surface area contributed by atoms with Gasteiger partial charge in [-0.2, -0.15) is 0 Å². The molecule has 0 bridgehead atoms. The third kappa shape index (κ3) is 15.2. The summed E-state index contributed by atoms with van der Waals surface area (Å²) < 4.78 is 24.2. The molecule has 47 heavy (non-hydrogen) atoms. The quantitative estimate of drug-likeness (QED) is 0.357. The Morgan fingerprint density at radius 1 is 0.894 bits per heavy atom. The van der Waals surface area contributed by atoms with Crippen LogP contribution in [0.25, 0.3) is 10.9 Å². The van der Waals surface area contributed by atoms with Crippen LogP contribution >= 0.6 is 0 Å². The molecule has 1 atom stereocenters. The number of nitrogens with one attached hydrogen (secondary N) is 3. The van der Waals surface area contributed by atoms with Crippen LogP contribution in [0.15, 0.2) is 42.7 Å². The largest absolute Gasteiger partial charge is 0.362 e. The van der Waals surface area contributed by atoms with Gasteiger partial charge >= 0.3 is 0 Å². The predicted octanol–water partition coefficient (Wildman–Crippen LogP) is 4.83. The molecule has 4 rings (SSSR count). The first-order chi connectivity index (χ1) is 22.3. The van der Waals surface area contributed by atoms with Crippen molar-refractivity contribution in [2.75, 3.05) is 32.4 Å². The standard InChI is InChI=1S/C13H20N4O3.C10H11NO2S.C8H16O.C4H10/c1-9-6-14-11(18)7-15-12(19)8-16-13(20)10-4-2-3-5-17(9)10;1-8-7-11(14(2,12)13)10-6-4-3-5-9(8)10;1-3-5-6-7-8(9)4-2;1-3-4-2/h10H,1-8H2,(H,14,18)(H,15,19)(H,16,20);3-7H,1-2H3;3-7H2,1-2H3;3-4H2,1-2H3. The van der Waals surface area contributed by atoms with Crippen molar-refractivity contribution in [3.05, 3.63) is 48.3 Å². The van der Waals surface area contributed by atoms with E-state index in [9.17, 15) is 27.6 Å². The first-order valence-electron chi connectivity index (χ1n) is 16.8. The van der Waals surface area contributed by atoms with Crippen molar-refractivity contribution in [1.29, 1.82) is 0 Å². The lowest BCUT2D eigenvalue weighted by molar-refractivity contribution is -0.130. The lowest BCUT2D eigenvalue weighted by Gasteiger charge is -2.37. The van der Waals surface area contributed by atoms with Gasteiger partial charge in [-0.05, 0) is 44.2 Å². The molecule has 11 nitrogen and oxygen atoms in total. The van der Waals surface area contributed by atoms with Gasteiger partial charge in [0.15, 0.2) is 0 Å². The van der Waals surface area contributed by atoms with E-state index in [4.69, 9.17) is 0 Å². The van der Waals surface area contributed by atoms with E-state index in [-0.39, 0.29) is 36.9 Å². The third-order valence-electron chi connectivity index (χ3n) is 7.76. The summed E-state index contributed by atoms with van der Waals surface area (Å²) in [6, 6.07) is 7.17. The normalized spacial score (nSPS) is 17.0. The summed E-state index contributed by atoms with van der Waals surface area (Å²) in [5.41, 5.74) is 2.45. The van der Waals surface area contributed by atoms with Crippen molar-refractivity contribution < 1.29 is 27.6 Å². The topological polar surface area (TPSA) is 147 Å². The fraction of sp³-hybridized carbons (Fsp3) is 0.600. The molecule has 2 aliphatic rings. The molecule has 1 unspecified atom stereocenters. The number of hydrogen-bond acceptors (Lipinski definition) is 7. The van der Waals surface area contributed by atoms with Crippen LogP contribution in [0, 0.1) is 6.92 Å². The van der Waals surface area contributed by atoms with E-state index in [0.717, 1.165) is 60.8 Å². The summed E-state index contributed by atoms with van der Waals surface area (Å²) in [4.78, 5) is 47.8. The second kappa shape index (κ2) is 22.0. The maximum atomic E-state index is 12.2.